The summed E-state index contributed by atoms with van der Waals surface area (Å²) in [5.74, 6) is 0.188. The van der Waals surface area contributed by atoms with Crippen molar-refractivity contribution < 1.29 is 4.79 Å². The molecule has 0 aliphatic carbocycles. The summed E-state index contributed by atoms with van der Waals surface area (Å²) in [6.07, 6.45) is 0.470. The number of hydrogen-bond acceptors (Lipinski definition) is 2. The van der Waals surface area contributed by atoms with Crippen molar-refractivity contribution >= 4 is 27.9 Å². The highest BCUT2D eigenvalue weighted by Gasteiger charge is 2.09. The number of benzene rings is 2. The van der Waals surface area contributed by atoms with Gasteiger partial charge in [-0.2, -0.15) is 11.3 Å². The van der Waals surface area contributed by atoms with Gasteiger partial charge in [0.15, 0.2) is 5.78 Å². The van der Waals surface area contributed by atoms with Gasteiger partial charge in [0, 0.05) is 17.4 Å². The lowest BCUT2D eigenvalue weighted by molar-refractivity contribution is 0.0994. The zero-order valence-electron chi connectivity index (χ0n) is 9.80. The van der Waals surface area contributed by atoms with Crippen LogP contribution in [0.15, 0.2) is 59.3 Å². The molecular weight excluding hydrogens is 240 g/mol. The molecule has 0 saturated carbocycles. The predicted octanol–water partition coefficient (Wildman–Crippen LogP) is 4.33. The molecule has 88 valence electrons. The number of Topliss-reactive ketones (excluding diaryl/α,β-unsaturated/α-hetero) is 1. The molecule has 18 heavy (non-hydrogen) atoms. The van der Waals surface area contributed by atoms with Gasteiger partial charge in [0.25, 0.3) is 0 Å². The van der Waals surface area contributed by atoms with E-state index in [1.807, 2.05) is 41.1 Å². The molecule has 1 nitrogen and oxygen atoms in total. The number of rotatable bonds is 3. The lowest BCUT2D eigenvalue weighted by Gasteiger charge is -2.05. The topological polar surface area (TPSA) is 17.1 Å². The number of hydrogen-bond donors (Lipinski definition) is 0. The molecule has 0 aliphatic heterocycles. The molecule has 0 amide bonds. The first-order valence-electron chi connectivity index (χ1n) is 5.86. The molecule has 0 unspecified atom stereocenters. The van der Waals surface area contributed by atoms with E-state index < -0.39 is 0 Å². The van der Waals surface area contributed by atoms with Crippen LogP contribution in [0.3, 0.4) is 0 Å². The van der Waals surface area contributed by atoms with Gasteiger partial charge in [-0.1, -0.05) is 42.5 Å². The molecule has 0 aliphatic rings. The van der Waals surface area contributed by atoms with Gasteiger partial charge in [-0.25, -0.2) is 0 Å². The van der Waals surface area contributed by atoms with Crippen LogP contribution in [0.2, 0.25) is 0 Å². The van der Waals surface area contributed by atoms with Gasteiger partial charge in [0.2, 0.25) is 0 Å². The molecular formula is C16H12OS. The Kier molecular flexibility index (Phi) is 2.95. The van der Waals surface area contributed by atoms with Crippen LogP contribution in [-0.4, -0.2) is 5.78 Å². The van der Waals surface area contributed by atoms with Crippen molar-refractivity contribution in [1.82, 2.24) is 0 Å². The van der Waals surface area contributed by atoms with Crippen LogP contribution in [0.1, 0.15) is 15.9 Å². The Labute approximate surface area is 110 Å². The third-order valence-electron chi connectivity index (χ3n) is 3.07. The molecule has 0 radical (unpaired) electrons. The average Bonchev–Trinajstić information content (AvgIpc) is 2.93. The molecule has 0 fully saturated rings. The predicted molar refractivity (Wildman–Crippen MR) is 76.3 cm³/mol. The van der Waals surface area contributed by atoms with E-state index >= 15 is 0 Å². The summed E-state index contributed by atoms with van der Waals surface area (Å²) >= 11 is 1.56. The molecule has 2 aromatic carbocycles. The molecule has 0 N–H and O–H groups in total. The van der Waals surface area contributed by atoms with Gasteiger partial charge in [-0.3, -0.25) is 4.79 Å². The summed E-state index contributed by atoms with van der Waals surface area (Å²) in [5.41, 5.74) is 1.91. The van der Waals surface area contributed by atoms with E-state index in [1.54, 1.807) is 11.3 Å². The van der Waals surface area contributed by atoms with Crippen molar-refractivity contribution in [2.75, 3.05) is 0 Å². The largest absolute Gasteiger partial charge is 0.294 e. The second-order valence-electron chi connectivity index (χ2n) is 4.25. The second kappa shape index (κ2) is 4.75. The van der Waals surface area contributed by atoms with E-state index in [4.69, 9.17) is 0 Å². The van der Waals surface area contributed by atoms with E-state index in [-0.39, 0.29) is 5.78 Å². The maximum Gasteiger partial charge on any atom is 0.168 e. The van der Waals surface area contributed by atoms with Crippen molar-refractivity contribution in [1.29, 1.82) is 0 Å². The third-order valence-corrected chi connectivity index (χ3v) is 3.76. The number of carbonyl (C=O) groups is 1. The first-order valence-corrected chi connectivity index (χ1v) is 6.81. The monoisotopic (exact) mass is 252 g/mol. The van der Waals surface area contributed by atoms with Crippen LogP contribution >= 0.6 is 11.3 Å². The number of ketones is 1. The number of carbonyl (C=O) groups excluding carboxylic acids is 1. The van der Waals surface area contributed by atoms with Crippen molar-refractivity contribution in [3.05, 3.63) is 70.4 Å². The van der Waals surface area contributed by atoms with Crippen LogP contribution in [0, 0.1) is 0 Å². The minimum absolute atomic E-state index is 0.188. The number of thiophene rings is 1. The standard InChI is InChI=1S/C16H12OS/c17-16(14-8-9-18-11-14)10-13-6-3-5-12-4-1-2-7-15(12)13/h1-9,11H,10H2. The molecule has 1 aromatic heterocycles. The lowest BCUT2D eigenvalue weighted by atomic mass is 9.99. The molecule has 0 atom stereocenters. The minimum atomic E-state index is 0.188. The van der Waals surface area contributed by atoms with E-state index in [2.05, 4.69) is 18.2 Å². The average molecular weight is 252 g/mol. The van der Waals surface area contributed by atoms with Crippen molar-refractivity contribution in [2.45, 2.75) is 6.42 Å². The first-order chi connectivity index (χ1) is 8.84. The zero-order valence-corrected chi connectivity index (χ0v) is 10.6. The summed E-state index contributed by atoms with van der Waals surface area (Å²) in [6, 6.07) is 16.2. The van der Waals surface area contributed by atoms with E-state index in [0.717, 1.165) is 11.1 Å². The fourth-order valence-electron chi connectivity index (χ4n) is 2.14. The van der Waals surface area contributed by atoms with E-state index in [9.17, 15) is 4.79 Å². The summed E-state index contributed by atoms with van der Waals surface area (Å²) in [4.78, 5) is 12.1. The maximum atomic E-state index is 12.1. The Balaban J connectivity index is 1.98. The quantitative estimate of drug-likeness (QED) is 0.634. The molecule has 1 heterocycles. The second-order valence-corrected chi connectivity index (χ2v) is 5.03. The SMILES string of the molecule is O=C(Cc1cccc2ccccc12)c1ccsc1. The summed E-state index contributed by atoms with van der Waals surface area (Å²) in [7, 11) is 0. The molecule has 0 saturated heterocycles. The number of fused-ring (bicyclic) bond motifs is 1. The van der Waals surface area contributed by atoms with Crippen molar-refractivity contribution in [2.24, 2.45) is 0 Å². The molecule has 0 spiro atoms. The molecule has 0 bridgehead atoms. The van der Waals surface area contributed by atoms with E-state index in [0.29, 0.717) is 6.42 Å². The Morgan fingerprint density at radius 1 is 1.00 bits per heavy atom. The Hall–Kier alpha value is -1.93. The fraction of sp³-hybridized carbons (Fsp3) is 0.0625. The highest BCUT2D eigenvalue weighted by molar-refractivity contribution is 7.08. The van der Waals surface area contributed by atoms with E-state index in [1.165, 1.54) is 10.8 Å². The van der Waals surface area contributed by atoms with Gasteiger partial charge in [-0.05, 0) is 27.8 Å². The van der Waals surface area contributed by atoms with Crippen LogP contribution in [0.25, 0.3) is 10.8 Å². The molecule has 2 heteroatoms. The van der Waals surface area contributed by atoms with Crippen molar-refractivity contribution in [3.63, 3.8) is 0 Å². The lowest BCUT2D eigenvalue weighted by Crippen LogP contribution is -2.02. The van der Waals surface area contributed by atoms with Crippen LogP contribution in [0.4, 0.5) is 0 Å². The van der Waals surface area contributed by atoms with Crippen LogP contribution in [-0.2, 0) is 6.42 Å². The van der Waals surface area contributed by atoms with Gasteiger partial charge >= 0.3 is 0 Å². The van der Waals surface area contributed by atoms with Crippen molar-refractivity contribution in [3.8, 4) is 0 Å². The Bertz CT molecular complexity index is 678. The summed E-state index contributed by atoms with van der Waals surface area (Å²) < 4.78 is 0. The minimum Gasteiger partial charge on any atom is -0.294 e. The van der Waals surface area contributed by atoms with Gasteiger partial charge in [0.05, 0.1) is 0 Å². The fourth-order valence-corrected chi connectivity index (χ4v) is 2.81. The highest BCUT2D eigenvalue weighted by atomic mass is 32.1. The normalized spacial score (nSPS) is 10.7. The summed E-state index contributed by atoms with van der Waals surface area (Å²) in [6.45, 7) is 0. The van der Waals surface area contributed by atoms with Gasteiger partial charge in [0.1, 0.15) is 0 Å². The molecule has 3 aromatic rings. The zero-order chi connectivity index (χ0) is 12.4. The Morgan fingerprint density at radius 3 is 2.67 bits per heavy atom. The summed E-state index contributed by atoms with van der Waals surface area (Å²) in [5, 5.41) is 6.21. The smallest absolute Gasteiger partial charge is 0.168 e. The highest BCUT2D eigenvalue weighted by Crippen LogP contribution is 2.20. The molecule has 3 rings (SSSR count). The van der Waals surface area contributed by atoms with Crippen LogP contribution < -0.4 is 0 Å². The van der Waals surface area contributed by atoms with Gasteiger partial charge in [-0.15, -0.1) is 0 Å². The third kappa shape index (κ3) is 2.07. The Morgan fingerprint density at radius 2 is 1.83 bits per heavy atom. The van der Waals surface area contributed by atoms with Crippen LogP contribution in [0.5, 0.6) is 0 Å². The first kappa shape index (κ1) is 11.2. The maximum absolute atomic E-state index is 12.1. The van der Waals surface area contributed by atoms with Gasteiger partial charge < -0.3 is 0 Å².